The summed E-state index contributed by atoms with van der Waals surface area (Å²) in [5.74, 6) is 1.67. The molecule has 20 heavy (non-hydrogen) atoms. The average Bonchev–Trinajstić information content (AvgIpc) is 2.42. The van der Waals surface area contributed by atoms with Crippen LogP contribution in [0.4, 0.5) is 0 Å². The fourth-order valence-electron chi connectivity index (χ4n) is 2.01. The third-order valence-corrected chi connectivity index (χ3v) is 5.04. The number of hydrogen-bond acceptors (Lipinski definition) is 4. The second kappa shape index (κ2) is 7.20. The van der Waals surface area contributed by atoms with E-state index in [9.17, 15) is 0 Å². The molecule has 0 radical (unpaired) electrons. The predicted molar refractivity (Wildman–Crippen MR) is 88.0 cm³/mol. The molecule has 0 atom stereocenters. The van der Waals surface area contributed by atoms with Crippen molar-refractivity contribution in [3.63, 3.8) is 0 Å². The molecule has 0 aliphatic carbocycles. The van der Waals surface area contributed by atoms with Crippen molar-refractivity contribution >= 4 is 27.7 Å². The van der Waals surface area contributed by atoms with Gasteiger partial charge in [-0.25, -0.2) is 9.97 Å². The van der Waals surface area contributed by atoms with Crippen molar-refractivity contribution in [2.45, 2.75) is 31.0 Å². The summed E-state index contributed by atoms with van der Waals surface area (Å²) >= 11 is 5.31. The number of benzene rings is 1. The van der Waals surface area contributed by atoms with Crippen LogP contribution in [-0.2, 0) is 12.3 Å². The number of thioether (sulfide) groups is 1. The molecule has 2 rings (SSSR count). The minimum atomic E-state index is 0.782. The van der Waals surface area contributed by atoms with E-state index in [0.717, 1.165) is 34.0 Å². The molecule has 0 saturated heterocycles. The van der Waals surface area contributed by atoms with Crippen molar-refractivity contribution in [2.75, 3.05) is 7.05 Å². The maximum atomic E-state index is 4.61. The highest BCUT2D eigenvalue weighted by Crippen LogP contribution is 2.29. The van der Waals surface area contributed by atoms with Gasteiger partial charge in [0, 0.05) is 32.9 Å². The van der Waals surface area contributed by atoms with Gasteiger partial charge in [-0.1, -0.05) is 12.1 Å². The third kappa shape index (κ3) is 3.81. The molecule has 1 aromatic heterocycles. The Balaban J connectivity index is 2.13. The van der Waals surface area contributed by atoms with Crippen molar-refractivity contribution < 1.29 is 0 Å². The molecule has 5 heteroatoms. The van der Waals surface area contributed by atoms with Gasteiger partial charge in [-0.15, -0.1) is 11.8 Å². The maximum absolute atomic E-state index is 4.61. The van der Waals surface area contributed by atoms with E-state index < -0.39 is 0 Å². The zero-order chi connectivity index (χ0) is 14.5. The lowest BCUT2D eigenvalue weighted by molar-refractivity contribution is 0.778. The Morgan fingerprint density at radius 2 is 1.80 bits per heavy atom. The largest absolute Gasteiger partial charge is 0.316 e. The van der Waals surface area contributed by atoms with Crippen LogP contribution in [0.1, 0.15) is 22.8 Å². The standard InChI is InChI=1S/C15H18BrN3S/c1-10-12(8-17-3)11(2)19-15(18-10)9-20-14-7-5-4-6-13(14)16/h4-7,17H,8-9H2,1-3H3. The molecule has 3 nitrogen and oxygen atoms in total. The van der Waals surface area contributed by atoms with E-state index in [1.807, 2.05) is 33.0 Å². The van der Waals surface area contributed by atoms with E-state index in [4.69, 9.17) is 0 Å². The van der Waals surface area contributed by atoms with Gasteiger partial charge in [0.05, 0.1) is 5.75 Å². The van der Waals surface area contributed by atoms with Crippen LogP contribution < -0.4 is 5.32 Å². The molecule has 0 saturated carbocycles. The molecule has 0 aliphatic rings. The molecular weight excluding hydrogens is 334 g/mol. The van der Waals surface area contributed by atoms with Gasteiger partial charge in [0.1, 0.15) is 5.82 Å². The minimum Gasteiger partial charge on any atom is -0.316 e. The summed E-state index contributed by atoms with van der Waals surface area (Å²) in [5.41, 5.74) is 3.33. The van der Waals surface area contributed by atoms with E-state index >= 15 is 0 Å². The first-order valence-corrected chi connectivity index (χ1v) is 8.24. The fraction of sp³-hybridized carbons (Fsp3) is 0.333. The number of hydrogen-bond donors (Lipinski definition) is 1. The van der Waals surface area contributed by atoms with Gasteiger partial charge < -0.3 is 5.32 Å². The van der Waals surface area contributed by atoms with E-state index in [2.05, 4.69) is 43.3 Å². The van der Waals surface area contributed by atoms with Crippen molar-refractivity contribution in [3.8, 4) is 0 Å². The minimum absolute atomic E-state index is 0.782. The van der Waals surface area contributed by atoms with Gasteiger partial charge in [-0.2, -0.15) is 0 Å². The second-order valence-corrected chi connectivity index (χ2v) is 6.41. The molecule has 0 amide bonds. The van der Waals surface area contributed by atoms with Crippen LogP contribution in [0.3, 0.4) is 0 Å². The number of aromatic nitrogens is 2. The first-order chi connectivity index (χ1) is 9.61. The van der Waals surface area contributed by atoms with Crippen LogP contribution in [-0.4, -0.2) is 17.0 Å². The summed E-state index contributed by atoms with van der Waals surface area (Å²) in [4.78, 5) is 10.4. The van der Waals surface area contributed by atoms with E-state index in [1.165, 1.54) is 10.5 Å². The zero-order valence-electron chi connectivity index (χ0n) is 11.9. The highest BCUT2D eigenvalue weighted by atomic mass is 79.9. The Kier molecular flexibility index (Phi) is 5.57. The molecular formula is C15H18BrN3S. The zero-order valence-corrected chi connectivity index (χ0v) is 14.3. The maximum Gasteiger partial charge on any atom is 0.139 e. The molecule has 1 N–H and O–H groups in total. The normalized spacial score (nSPS) is 10.8. The summed E-state index contributed by atoms with van der Waals surface area (Å²) in [5, 5.41) is 3.16. The van der Waals surface area contributed by atoms with Gasteiger partial charge in [-0.05, 0) is 49.0 Å². The van der Waals surface area contributed by atoms with Gasteiger partial charge >= 0.3 is 0 Å². The predicted octanol–water partition coefficient (Wildman–Crippen LogP) is 3.87. The lowest BCUT2D eigenvalue weighted by Gasteiger charge is -2.10. The molecule has 0 spiro atoms. The van der Waals surface area contributed by atoms with Crippen LogP contribution >= 0.6 is 27.7 Å². The summed E-state index contributed by atoms with van der Waals surface area (Å²) in [6, 6.07) is 8.21. The number of rotatable bonds is 5. The van der Waals surface area contributed by atoms with Crippen molar-refractivity contribution in [1.29, 1.82) is 0 Å². The van der Waals surface area contributed by atoms with Crippen LogP contribution in [0.5, 0.6) is 0 Å². The summed E-state index contributed by atoms with van der Waals surface area (Å²) in [6.07, 6.45) is 0. The van der Waals surface area contributed by atoms with Crippen LogP contribution in [0.2, 0.25) is 0 Å². The Hall–Kier alpha value is -0.910. The topological polar surface area (TPSA) is 37.8 Å². The summed E-state index contributed by atoms with van der Waals surface area (Å²) < 4.78 is 1.12. The molecule has 1 aromatic carbocycles. The van der Waals surface area contributed by atoms with Crippen LogP contribution in [0.25, 0.3) is 0 Å². The van der Waals surface area contributed by atoms with Crippen molar-refractivity contribution in [3.05, 3.63) is 51.5 Å². The monoisotopic (exact) mass is 351 g/mol. The van der Waals surface area contributed by atoms with Gasteiger partial charge in [0.25, 0.3) is 0 Å². The van der Waals surface area contributed by atoms with Gasteiger partial charge in [0.15, 0.2) is 0 Å². The van der Waals surface area contributed by atoms with Gasteiger partial charge in [-0.3, -0.25) is 0 Å². The highest BCUT2D eigenvalue weighted by molar-refractivity contribution is 9.10. The van der Waals surface area contributed by atoms with E-state index in [-0.39, 0.29) is 0 Å². The van der Waals surface area contributed by atoms with Crippen molar-refractivity contribution in [1.82, 2.24) is 15.3 Å². The van der Waals surface area contributed by atoms with Crippen LogP contribution in [0, 0.1) is 13.8 Å². The first-order valence-electron chi connectivity index (χ1n) is 6.46. The first kappa shape index (κ1) is 15.5. The SMILES string of the molecule is CNCc1c(C)nc(CSc2ccccc2Br)nc1C. The third-order valence-electron chi connectivity index (χ3n) is 3.01. The molecule has 1 heterocycles. The highest BCUT2D eigenvalue weighted by Gasteiger charge is 2.08. The molecule has 2 aromatic rings. The Labute approximate surface area is 132 Å². The lowest BCUT2D eigenvalue weighted by atomic mass is 10.1. The molecule has 106 valence electrons. The molecule has 0 bridgehead atoms. The van der Waals surface area contributed by atoms with Crippen LogP contribution in [0.15, 0.2) is 33.6 Å². The Morgan fingerprint density at radius 1 is 1.15 bits per heavy atom. The number of halogens is 1. The second-order valence-electron chi connectivity index (χ2n) is 4.54. The summed E-state index contributed by atoms with van der Waals surface area (Å²) in [7, 11) is 1.94. The number of aryl methyl sites for hydroxylation is 2. The number of nitrogens with zero attached hydrogens (tertiary/aromatic N) is 2. The summed E-state index contributed by atoms with van der Waals surface area (Å²) in [6.45, 7) is 4.91. The van der Waals surface area contributed by atoms with E-state index in [1.54, 1.807) is 11.8 Å². The lowest BCUT2D eigenvalue weighted by Crippen LogP contribution is -2.12. The van der Waals surface area contributed by atoms with Gasteiger partial charge in [0.2, 0.25) is 0 Å². The van der Waals surface area contributed by atoms with E-state index in [0.29, 0.717) is 0 Å². The fourth-order valence-corrected chi connectivity index (χ4v) is 3.43. The molecule has 0 unspecified atom stereocenters. The Morgan fingerprint density at radius 3 is 2.40 bits per heavy atom. The Bertz CT molecular complexity index is 578. The smallest absolute Gasteiger partial charge is 0.139 e. The molecule has 0 aliphatic heterocycles. The quantitative estimate of drug-likeness (QED) is 0.829. The molecule has 0 fully saturated rings. The number of nitrogens with one attached hydrogen (secondary N) is 1. The average molecular weight is 352 g/mol. The van der Waals surface area contributed by atoms with Crippen molar-refractivity contribution in [2.24, 2.45) is 0 Å².